The van der Waals surface area contributed by atoms with Crippen LogP contribution in [-0.2, 0) is 28.4 Å². The first-order chi connectivity index (χ1) is 23.1. The molecule has 0 saturated heterocycles. The third-order valence-electron chi connectivity index (χ3n) is 7.10. The van der Waals surface area contributed by atoms with Gasteiger partial charge in [-0.25, -0.2) is 0 Å². The van der Waals surface area contributed by atoms with E-state index in [0.29, 0.717) is 18.1 Å². The van der Waals surface area contributed by atoms with Gasteiger partial charge in [-0.1, -0.05) is 56.5 Å². The number of hydrogen-bond donors (Lipinski definition) is 0. The Morgan fingerprint density at radius 1 is 0.596 bits per heavy atom. The van der Waals surface area contributed by atoms with Gasteiger partial charge in [-0.2, -0.15) is 0 Å². The van der Waals surface area contributed by atoms with Gasteiger partial charge in [-0.3, -0.25) is 0 Å². The number of unbranched alkanes of at least 4 members (excludes halogenated alkanes) is 3. The van der Waals surface area contributed by atoms with Crippen LogP contribution in [0.3, 0.4) is 0 Å². The minimum Gasteiger partial charge on any atom is -0.493 e. The predicted molar refractivity (Wildman–Crippen MR) is 185 cm³/mol. The second-order valence-corrected chi connectivity index (χ2v) is 10.4. The van der Waals surface area contributed by atoms with Crippen molar-refractivity contribution in [3.05, 3.63) is 96.6 Å². The van der Waals surface area contributed by atoms with Crippen LogP contribution in [0.5, 0.6) is 17.2 Å². The highest BCUT2D eigenvalue weighted by atomic mass is 16.8. The van der Waals surface area contributed by atoms with Crippen molar-refractivity contribution in [1.82, 2.24) is 0 Å². The first-order valence-electron chi connectivity index (χ1n) is 15.5. The van der Waals surface area contributed by atoms with Crippen molar-refractivity contribution in [1.29, 1.82) is 0 Å². The van der Waals surface area contributed by atoms with E-state index in [0.717, 1.165) is 77.0 Å². The molecule has 0 saturated carbocycles. The van der Waals surface area contributed by atoms with Gasteiger partial charge in [-0.15, -0.1) is 0 Å². The Morgan fingerprint density at radius 3 is 2.02 bits per heavy atom. The molecule has 0 unspecified atom stereocenters. The summed E-state index contributed by atoms with van der Waals surface area (Å²) in [7, 11) is 4.84. The van der Waals surface area contributed by atoms with E-state index in [1.165, 1.54) is 0 Å². The number of rotatable bonds is 25. The minimum atomic E-state index is -0.00275. The Morgan fingerprint density at radius 2 is 1.30 bits per heavy atom. The van der Waals surface area contributed by atoms with Crippen LogP contribution in [0, 0.1) is 0 Å². The van der Waals surface area contributed by atoms with Crippen LogP contribution in [0.1, 0.15) is 47.9 Å². The van der Waals surface area contributed by atoms with Gasteiger partial charge in [0, 0.05) is 39.1 Å². The molecule has 0 amide bonds. The fraction of sp³-hybridized carbons (Fsp3) is 0.368. The zero-order valence-corrected chi connectivity index (χ0v) is 27.9. The zero-order valence-electron chi connectivity index (χ0n) is 27.9. The summed E-state index contributed by atoms with van der Waals surface area (Å²) in [6.45, 7) is 14.2. The molecule has 0 aliphatic heterocycles. The lowest BCUT2D eigenvalue weighted by Gasteiger charge is -2.19. The molecular weight excluding hydrogens is 600 g/mol. The first-order valence-corrected chi connectivity index (χ1v) is 15.5. The van der Waals surface area contributed by atoms with Crippen LogP contribution in [0.25, 0.3) is 28.9 Å². The minimum absolute atomic E-state index is 0.000890. The Bertz CT molecular complexity index is 1400. The normalized spacial score (nSPS) is 10.9. The highest BCUT2D eigenvalue weighted by Crippen LogP contribution is 2.39. The van der Waals surface area contributed by atoms with Gasteiger partial charge in [-0.05, 0) is 83.5 Å². The van der Waals surface area contributed by atoms with Crippen molar-refractivity contribution in [2.75, 3.05) is 68.5 Å². The fourth-order valence-corrected chi connectivity index (χ4v) is 4.71. The summed E-state index contributed by atoms with van der Waals surface area (Å²) in [4.78, 5) is 0. The topological polar surface area (TPSA) is 83.1 Å². The van der Waals surface area contributed by atoms with E-state index >= 15 is 0 Å². The largest absolute Gasteiger partial charge is 0.493 e. The van der Waals surface area contributed by atoms with Crippen LogP contribution in [0.4, 0.5) is 0 Å². The Hall–Kier alpha value is -3.96. The molecule has 0 N–H and O–H groups in total. The summed E-state index contributed by atoms with van der Waals surface area (Å²) >= 11 is 0. The standard InChI is InChI=1S/C38H48O9/c1-7-30-13-17-37(45-20-12-10-9-11-19-39-4)34(21-30)29(3)32-15-18-38(47-28-43-25-41-6)36(22-32)35-23-33(16-14-31(35)8-2)46-27-44-26-42-24-40-5/h7-8,13-18,21-23H,1-3,9-12,19-20,24-28H2,4-6H3. The molecule has 0 atom stereocenters. The van der Waals surface area contributed by atoms with Crippen molar-refractivity contribution in [3.63, 3.8) is 0 Å². The lowest BCUT2D eigenvalue weighted by Crippen LogP contribution is -2.08. The number of methoxy groups -OCH3 is 3. The SMILES string of the molecule is C=Cc1ccc(OCCCCCCOC)c(C(=C)c2ccc(OCOCOC)c(-c3cc(OCOCOCOC)ccc3C=C)c2)c1. The van der Waals surface area contributed by atoms with Crippen LogP contribution >= 0.6 is 0 Å². The van der Waals surface area contributed by atoms with Gasteiger partial charge < -0.3 is 42.6 Å². The first kappa shape index (κ1) is 37.5. The van der Waals surface area contributed by atoms with Gasteiger partial charge in [0.2, 0.25) is 0 Å². The van der Waals surface area contributed by atoms with E-state index in [1.807, 2.05) is 60.7 Å². The molecule has 3 aromatic carbocycles. The van der Waals surface area contributed by atoms with E-state index in [1.54, 1.807) is 27.4 Å². The number of ether oxygens (including phenoxy) is 9. The fourth-order valence-electron chi connectivity index (χ4n) is 4.71. The van der Waals surface area contributed by atoms with E-state index in [9.17, 15) is 0 Å². The van der Waals surface area contributed by atoms with Gasteiger partial charge in [0.1, 0.15) is 30.8 Å². The number of hydrogen-bond acceptors (Lipinski definition) is 9. The van der Waals surface area contributed by atoms with E-state index in [4.69, 9.17) is 42.6 Å². The van der Waals surface area contributed by atoms with Crippen molar-refractivity contribution in [2.45, 2.75) is 25.7 Å². The summed E-state index contributed by atoms with van der Waals surface area (Å²) in [5.41, 5.74) is 6.06. The molecule has 0 fully saturated rings. The predicted octanol–water partition coefficient (Wildman–Crippen LogP) is 8.17. The average molecular weight is 649 g/mol. The van der Waals surface area contributed by atoms with Crippen molar-refractivity contribution in [2.24, 2.45) is 0 Å². The highest BCUT2D eigenvalue weighted by molar-refractivity contribution is 5.87. The summed E-state index contributed by atoms with van der Waals surface area (Å²) < 4.78 is 49.2. The van der Waals surface area contributed by atoms with E-state index in [-0.39, 0.29) is 34.0 Å². The molecule has 0 aromatic heterocycles. The van der Waals surface area contributed by atoms with Crippen LogP contribution in [0.2, 0.25) is 0 Å². The van der Waals surface area contributed by atoms with Crippen molar-refractivity contribution < 1.29 is 42.6 Å². The second-order valence-electron chi connectivity index (χ2n) is 10.4. The smallest absolute Gasteiger partial charge is 0.191 e. The second kappa shape index (κ2) is 21.8. The monoisotopic (exact) mass is 648 g/mol. The summed E-state index contributed by atoms with van der Waals surface area (Å²) in [6.07, 6.45) is 7.78. The Balaban J connectivity index is 1.93. The van der Waals surface area contributed by atoms with Crippen molar-refractivity contribution in [3.8, 4) is 28.4 Å². The maximum atomic E-state index is 6.28. The molecule has 0 aliphatic carbocycles. The molecule has 254 valence electrons. The summed E-state index contributed by atoms with van der Waals surface area (Å²) in [5.74, 6) is 1.97. The van der Waals surface area contributed by atoms with E-state index in [2.05, 4.69) is 19.7 Å². The van der Waals surface area contributed by atoms with Gasteiger partial charge in [0.15, 0.2) is 20.4 Å². The van der Waals surface area contributed by atoms with Gasteiger partial charge in [0.05, 0.1) is 6.61 Å². The molecule has 9 nitrogen and oxygen atoms in total. The molecule has 0 aliphatic rings. The molecule has 0 bridgehead atoms. The maximum Gasteiger partial charge on any atom is 0.191 e. The zero-order chi connectivity index (χ0) is 33.7. The molecule has 9 heteroatoms. The molecule has 47 heavy (non-hydrogen) atoms. The van der Waals surface area contributed by atoms with Crippen LogP contribution < -0.4 is 14.2 Å². The van der Waals surface area contributed by atoms with Crippen LogP contribution in [0.15, 0.2) is 74.3 Å². The summed E-state index contributed by atoms with van der Waals surface area (Å²) in [5, 5.41) is 0. The molecule has 0 spiro atoms. The van der Waals surface area contributed by atoms with Crippen molar-refractivity contribution >= 4 is 17.7 Å². The maximum absolute atomic E-state index is 6.28. The van der Waals surface area contributed by atoms with Gasteiger partial charge >= 0.3 is 0 Å². The lowest BCUT2D eigenvalue weighted by atomic mass is 9.92. The lowest BCUT2D eigenvalue weighted by molar-refractivity contribution is -0.145. The van der Waals surface area contributed by atoms with Gasteiger partial charge in [0.25, 0.3) is 0 Å². The molecule has 3 aromatic rings. The number of benzene rings is 3. The average Bonchev–Trinajstić information content (AvgIpc) is 3.11. The highest BCUT2D eigenvalue weighted by Gasteiger charge is 2.17. The molecule has 0 radical (unpaired) electrons. The molecule has 0 heterocycles. The van der Waals surface area contributed by atoms with E-state index < -0.39 is 0 Å². The third kappa shape index (κ3) is 12.3. The quantitative estimate of drug-likeness (QED) is 0.0667. The van der Waals surface area contributed by atoms with Crippen LogP contribution in [-0.4, -0.2) is 68.5 Å². The third-order valence-corrected chi connectivity index (χ3v) is 7.10. The Kier molecular flexibility index (Phi) is 17.4. The molecular formula is C38H48O9. The summed E-state index contributed by atoms with van der Waals surface area (Å²) in [6, 6.07) is 17.6. The molecule has 3 rings (SSSR count). The Labute approximate surface area is 279 Å².